The largest absolute Gasteiger partial charge is 0.371 e. The molecule has 0 heterocycles. The molecule has 3 N–H and O–H groups in total. The predicted octanol–water partition coefficient (Wildman–Crippen LogP) is -1.86. The van der Waals surface area contributed by atoms with Gasteiger partial charge in [0, 0.05) is 14.7 Å². The molecule has 0 aliphatic heterocycles. The summed E-state index contributed by atoms with van der Waals surface area (Å²) in [6, 6.07) is 0. The molecular formula is C3H6B2N3O. The fourth-order valence-corrected chi connectivity index (χ4v) is 0.293. The van der Waals surface area contributed by atoms with Gasteiger partial charge in [-0.3, -0.25) is 10.1 Å². The molecule has 0 saturated heterocycles. The van der Waals surface area contributed by atoms with Crippen LogP contribution in [0.5, 0.6) is 0 Å². The van der Waals surface area contributed by atoms with Gasteiger partial charge in [0.15, 0.2) is 5.96 Å². The Labute approximate surface area is 55.6 Å². The Hall–Kier alpha value is -0.930. The first-order chi connectivity index (χ1) is 4.16. The number of nitrogens with one attached hydrogen (secondary N) is 1. The number of hydrogen-bond acceptors (Lipinski definition) is 2. The van der Waals surface area contributed by atoms with Gasteiger partial charge < -0.3 is 10.6 Å². The average Bonchev–Trinajstić information content (AvgIpc) is 1.63. The fraction of sp³-hybridized carbons (Fsp3) is 0.333. The smallest absolute Gasteiger partial charge is 0.223 e. The monoisotopic (exact) mass is 122 g/mol. The zero-order chi connectivity index (χ0) is 7.28. The number of guanidine groups is 1. The van der Waals surface area contributed by atoms with E-state index in [9.17, 15) is 4.79 Å². The molecule has 1 amide bonds. The number of nitrogens with two attached hydrogens (primary N) is 1. The van der Waals surface area contributed by atoms with Gasteiger partial charge in [-0.15, -0.1) is 0 Å². The molecule has 0 atom stereocenters. The maximum Gasteiger partial charge on any atom is 0.223 e. The molecule has 0 spiro atoms. The van der Waals surface area contributed by atoms with Gasteiger partial charge in [-0.05, 0) is 0 Å². The van der Waals surface area contributed by atoms with E-state index in [1.165, 1.54) is 6.92 Å². The van der Waals surface area contributed by atoms with Crippen molar-refractivity contribution >= 4 is 26.9 Å². The SMILES string of the molecule is [B][B]N=C(N)NC(C)=O. The van der Waals surface area contributed by atoms with Crippen molar-refractivity contribution in [1.29, 1.82) is 0 Å². The number of amides is 1. The summed E-state index contributed by atoms with van der Waals surface area (Å²) in [5, 5.41) is 2.22. The lowest BCUT2D eigenvalue weighted by Crippen LogP contribution is -2.35. The Morgan fingerprint density at radius 3 is 2.78 bits per heavy atom. The summed E-state index contributed by atoms with van der Waals surface area (Å²) < 4.78 is 0. The van der Waals surface area contributed by atoms with Crippen LogP contribution in [0.2, 0.25) is 0 Å². The van der Waals surface area contributed by atoms with E-state index in [4.69, 9.17) is 13.5 Å². The number of carbonyl (C=O) groups is 1. The van der Waals surface area contributed by atoms with Crippen molar-refractivity contribution in [3.05, 3.63) is 0 Å². The highest BCUT2D eigenvalue weighted by atomic mass is 16.1. The minimum absolute atomic E-state index is 0.00463. The van der Waals surface area contributed by atoms with Crippen molar-refractivity contribution < 1.29 is 4.79 Å². The van der Waals surface area contributed by atoms with Gasteiger partial charge in [0.05, 0.1) is 0 Å². The highest BCUT2D eigenvalue weighted by Crippen LogP contribution is 1.61. The molecule has 0 rings (SSSR count). The van der Waals surface area contributed by atoms with Crippen LogP contribution >= 0.6 is 0 Å². The molecule has 9 heavy (non-hydrogen) atoms. The first-order valence-corrected chi connectivity index (χ1v) is 2.31. The van der Waals surface area contributed by atoms with Crippen molar-refractivity contribution in [3.8, 4) is 0 Å². The van der Waals surface area contributed by atoms with Crippen LogP contribution in [0, 0.1) is 0 Å². The molecule has 3 radical (unpaired) electrons. The summed E-state index contributed by atoms with van der Waals surface area (Å²) >= 11 is 0. The van der Waals surface area contributed by atoms with Gasteiger partial charge >= 0.3 is 0 Å². The van der Waals surface area contributed by atoms with Crippen LogP contribution in [0.4, 0.5) is 0 Å². The Morgan fingerprint density at radius 1 is 1.89 bits per heavy atom. The van der Waals surface area contributed by atoms with Crippen molar-refractivity contribution in [3.63, 3.8) is 0 Å². The molecule has 0 saturated carbocycles. The predicted molar refractivity (Wildman–Crippen MR) is 36.9 cm³/mol. The molecule has 0 fully saturated rings. The first kappa shape index (κ1) is 8.07. The van der Waals surface area contributed by atoms with Gasteiger partial charge in [-0.2, -0.15) is 0 Å². The molecule has 0 aliphatic rings. The fourth-order valence-electron chi connectivity index (χ4n) is 0.293. The quantitative estimate of drug-likeness (QED) is 0.243. The summed E-state index contributed by atoms with van der Waals surface area (Å²) in [6.07, 6.45) is 0. The third kappa shape index (κ3) is 4.93. The van der Waals surface area contributed by atoms with Crippen LogP contribution in [0.15, 0.2) is 4.90 Å². The van der Waals surface area contributed by atoms with Crippen LogP contribution in [0.25, 0.3) is 0 Å². The molecule has 0 aromatic rings. The van der Waals surface area contributed by atoms with Gasteiger partial charge in [0.1, 0.15) is 0 Å². The lowest BCUT2D eigenvalue weighted by Gasteiger charge is -1.97. The third-order valence-corrected chi connectivity index (χ3v) is 0.518. The Kier molecular flexibility index (Phi) is 3.59. The van der Waals surface area contributed by atoms with E-state index in [0.717, 1.165) is 7.31 Å². The summed E-state index contributed by atoms with van der Waals surface area (Å²) in [7, 11) is 5.87. The van der Waals surface area contributed by atoms with Crippen LogP contribution in [0.1, 0.15) is 6.92 Å². The first-order valence-electron chi connectivity index (χ1n) is 2.31. The Balaban J connectivity index is 3.62. The maximum absolute atomic E-state index is 10.2. The second-order valence-electron chi connectivity index (χ2n) is 1.34. The van der Waals surface area contributed by atoms with E-state index in [0.29, 0.717) is 0 Å². The highest BCUT2D eigenvalue weighted by molar-refractivity contribution is 6.88. The van der Waals surface area contributed by atoms with E-state index in [-0.39, 0.29) is 11.9 Å². The standard InChI is InChI=1S/C3H6B2N3O/c1-2(9)7-3(6)8-5-4/h1H3,(H3,6,7,8,9). The van der Waals surface area contributed by atoms with Crippen LogP contribution in [-0.2, 0) is 4.79 Å². The molecule has 0 aromatic carbocycles. The number of nitrogens with zero attached hydrogens (tertiary/aromatic N) is 1. The number of carbonyl (C=O) groups excluding carboxylic acids is 1. The van der Waals surface area contributed by atoms with Crippen molar-refractivity contribution in [1.82, 2.24) is 5.32 Å². The van der Waals surface area contributed by atoms with Gasteiger partial charge in [-0.1, -0.05) is 0 Å². The Bertz CT molecular complexity index is 135. The van der Waals surface area contributed by atoms with Crippen molar-refractivity contribution in [2.75, 3.05) is 0 Å². The average molecular weight is 122 g/mol. The number of hydrogen-bond donors (Lipinski definition) is 2. The summed E-state index contributed by atoms with van der Waals surface area (Å²) in [5.41, 5.74) is 5.09. The maximum atomic E-state index is 10.2. The van der Waals surface area contributed by atoms with Crippen LogP contribution in [-0.4, -0.2) is 26.9 Å². The topological polar surface area (TPSA) is 67.5 Å². The van der Waals surface area contributed by atoms with E-state index < -0.39 is 0 Å². The number of rotatable bonds is 1. The molecule has 45 valence electrons. The van der Waals surface area contributed by atoms with E-state index >= 15 is 0 Å². The Morgan fingerprint density at radius 2 is 2.44 bits per heavy atom. The molecule has 6 heteroatoms. The molecule has 0 aromatic heterocycles. The van der Waals surface area contributed by atoms with E-state index in [2.05, 4.69) is 10.2 Å². The molecule has 0 unspecified atom stereocenters. The minimum atomic E-state index is -0.266. The minimum Gasteiger partial charge on any atom is -0.371 e. The molecule has 4 nitrogen and oxygen atoms in total. The van der Waals surface area contributed by atoms with Gasteiger partial charge in [0.2, 0.25) is 13.2 Å². The normalized spacial score (nSPS) is 10.6. The van der Waals surface area contributed by atoms with E-state index in [1.54, 1.807) is 0 Å². The molecular weight excluding hydrogens is 116 g/mol. The highest BCUT2D eigenvalue weighted by Gasteiger charge is 1.90. The molecule has 0 aliphatic carbocycles. The van der Waals surface area contributed by atoms with Crippen molar-refractivity contribution in [2.24, 2.45) is 10.6 Å². The van der Waals surface area contributed by atoms with Gasteiger partial charge in [-0.25, -0.2) is 0 Å². The molecule has 0 bridgehead atoms. The summed E-state index contributed by atoms with van der Waals surface area (Å²) in [6.45, 7) is 1.33. The zero-order valence-electron chi connectivity index (χ0n) is 5.09. The summed E-state index contributed by atoms with van der Waals surface area (Å²) in [5.74, 6) is -0.261. The summed E-state index contributed by atoms with van der Waals surface area (Å²) in [4.78, 5) is 13.6. The third-order valence-electron chi connectivity index (χ3n) is 0.518. The lowest BCUT2D eigenvalue weighted by molar-refractivity contribution is -0.117. The van der Waals surface area contributed by atoms with Crippen LogP contribution in [0.3, 0.4) is 0 Å². The lowest BCUT2D eigenvalue weighted by atomic mass is 9.68. The van der Waals surface area contributed by atoms with Crippen LogP contribution < -0.4 is 11.1 Å². The second-order valence-corrected chi connectivity index (χ2v) is 1.34. The second kappa shape index (κ2) is 4.00. The van der Waals surface area contributed by atoms with Gasteiger partial charge in [0.25, 0.3) is 0 Å². The van der Waals surface area contributed by atoms with E-state index in [1.807, 2.05) is 0 Å². The van der Waals surface area contributed by atoms with Crippen molar-refractivity contribution in [2.45, 2.75) is 6.92 Å². The zero-order valence-corrected chi connectivity index (χ0v) is 5.09.